The second kappa shape index (κ2) is 9.44. The highest BCUT2D eigenvalue weighted by atomic mass is 19.4. The maximum Gasteiger partial charge on any atom is 0.574 e. The van der Waals surface area contributed by atoms with Gasteiger partial charge in [-0.25, -0.2) is 9.97 Å². The summed E-state index contributed by atoms with van der Waals surface area (Å²) >= 11 is 0. The molecule has 4 rings (SSSR count). The van der Waals surface area contributed by atoms with Gasteiger partial charge in [-0.1, -0.05) is 38.1 Å². The van der Waals surface area contributed by atoms with E-state index in [4.69, 9.17) is 0 Å². The Morgan fingerprint density at radius 1 is 1.00 bits per heavy atom. The molecule has 1 aliphatic rings. The second-order valence-corrected chi connectivity index (χ2v) is 8.48. The number of rotatable bonds is 6. The summed E-state index contributed by atoms with van der Waals surface area (Å²) in [6, 6.07) is 7.50. The van der Waals surface area contributed by atoms with Crippen LogP contribution in [0, 0.1) is 12.8 Å². The maximum atomic E-state index is 13.5. The molecular weight excluding hydrogens is 479 g/mol. The van der Waals surface area contributed by atoms with Crippen molar-refractivity contribution in [2.24, 2.45) is 5.92 Å². The van der Waals surface area contributed by atoms with Crippen molar-refractivity contribution in [3.63, 3.8) is 0 Å². The van der Waals surface area contributed by atoms with Crippen molar-refractivity contribution < 1.29 is 32.3 Å². The fourth-order valence-electron chi connectivity index (χ4n) is 3.88. The fraction of sp³-hybridized carbons (Fsp3) is 0.292. The van der Waals surface area contributed by atoms with Gasteiger partial charge in [0.15, 0.2) is 5.78 Å². The van der Waals surface area contributed by atoms with Crippen LogP contribution in [0.4, 0.5) is 19.1 Å². The van der Waals surface area contributed by atoms with Crippen molar-refractivity contribution in [2.75, 3.05) is 4.90 Å². The number of halogens is 3. The van der Waals surface area contributed by atoms with Crippen molar-refractivity contribution in [1.29, 1.82) is 0 Å². The minimum atomic E-state index is -4.96. The molecule has 2 unspecified atom stereocenters. The number of aromatic nitrogens is 4. The largest absolute Gasteiger partial charge is 0.574 e. The summed E-state index contributed by atoms with van der Waals surface area (Å²) in [6.07, 6.45) is -2.62. The van der Waals surface area contributed by atoms with Crippen LogP contribution in [0.5, 0.6) is 5.88 Å². The molecule has 0 spiro atoms. The van der Waals surface area contributed by atoms with Crippen LogP contribution in [0.25, 0.3) is 0 Å². The van der Waals surface area contributed by atoms with Crippen LogP contribution >= 0.6 is 0 Å². The number of Topliss-reactive ketones (excluding diaryl/α,β-unsaturated/α-hetero) is 2. The molecule has 12 heteroatoms. The lowest BCUT2D eigenvalue weighted by Crippen LogP contribution is -2.32. The van der Waals surface area contributed by atoms with Gasteiger partial charge < -0.3 is 4.74 Å². The van der Waals surface area contributed by atoms with E-state index in [2.05, 4.69) is 24.9 Å². The van der Waals surface area contributed by atoms with Gasteiger partial charge in [0, 0.05) is 17.8 Å². The molecule has 1 aromatic carbocycles. The van der Waals surface area contributed by atoms with Gasteiger partial charge in [-0.05, 0) is 30.0 Å². The first-order valence-electron chi connectivity index (χ1n) is 10.9. The molecule has 0 bridgehead atoms. The topological polar surface area (TPSA) is 115 Å². The normalized spacial score (nSPS) is 18.1. The number of pyridine rings is 1. The maximum absolute atomic E-state index is 13.5. The number of aryl methyl sites for hydroxylation is 1. The Bertz CT molecular complexity index is 1290. The van der Waals surface area contributed by atoms with Crippen molar-refractivity contribution in [3.05, 3.63) is 71.2 Å². The third-order valence-corrected chi connectivity index (χ3v) is 5.65. The molecule has 1 aliphatic heterocycles. The van der Waals surface area contributed by atoms with Gasteiger partial charge in [-0.2, -0.15) is 5.10 Å². The molecule has 1 fully saturated rings. The Hall–Kier alpha value is -4.22. The van der Waals surface area contributed by atoms with Crippen LogP contribution in [-0.4, -0.2) is 44.0 Å². The standard InChI is InChI=1S/C24H20F3N5O4/c1-12(2)14-4-6-15(7-5-14)20(33)18-19(16-8-9-17(28-11-16)36-24(25,26)27)32(22(35)21(18)34)23-29-10-13(3)30-31-23/h4-12,18-19H,1-3H3. The summed E-state index contributed by atoms with van der Waals surface area (Å²) in [6.45, 7) is 5.59. The van der Waals surface area contributed by atoms with Gasteiger partial charge in [-0.3, -0.25) is 19.3 Å². The fourth-order valence-corrected chi connectivity index (χ4v) is 3.88. The predicted octanol–water partition coefficient (Wildman–Crippen LogP) is 3.75. The SMILES string of the molecule is Cc1cnc(N2C(=O)C(=O)C(C(=O)c3ccc(C(C)C)cc3)C2c2ccc(OC(F)(F)F)nc2)nn1. The number of hydrogen-bond acceptors (Lipinski definition) is 8. The Kier molecular flexibility index (Phi) is 6.53. The molecule has 186 valence electrons. The van der Waals surface area contributed by atoms with Gasteiger partial charge >= 0.3 is 6.36 Å². The third-order valence-electron chi connectivity index (χ3n) is 5.65. The quantitative estimate of drug-likeness (QED) is 0.286. The van der Waals surface area contributed by atoms with Gasteiger partial charge in [0.1, 0.15) is 5.92 Å². The number of alkyl halides is 3. The molecule has 0 saturated carbocycles. The molecule has 3 heterocycles. The predicted molar refractivity (Wildman–Crippen MR) is 119 cm³/mol. The molecule has 36 heavy (non-hydrogen) atoms. The van der Waals surface area contributed by atoms with Crippen LogP contribution < -0.4 is 9.64 Å². The van der Waals surface area contributed by atoms with E-state index in [9.17, 15) is 27.6 Å². The number of ether oxygens (including phenoxy) is 1. The van der Waals surface area contributed by atoms with E-state index >= 15 is 0 Å². The summed E-state index contributed by atoms with van der Waals surface area (Å²) in [7, 11) is 0. The number of carbonyl (C=O) groups excluding carboxylic acids is 3. The molecule has 2 aromatic heterocycles. The second-order valence-electron chi connectivity index (χ2n) is 8.48. The van der Waals surface area contributed by atoms with Crippen molar-refractivity contribution in [1.82, 2.24) is 20.2 Å². The van der Waals surface area contributed by atoms with Crippen LogP contribution in [0.1, 0.15) is 53.0 Å². The zero-order valence-corrected chi connectivity index (χ0v) is 19.4. The molecule has 1 amide bonds. The van der Waals surface area contributed by atoms with Gasteiger partial charge in [0.25, 0.3) is 11.9 Å². The molecule has 1 saturated heterocycles. The van der Waals surface area contributed by atoms with Crippen LogP contribution in [0.15, 0.2) is 48.8 Å². The number of benzene rings is 1. The van der Waals surface area contributed by atoms with Gasteiger partial charge in [0.2, 0.25) is 11.7 Å². The first-order valence-corrected chi connectivity index (χ1v) is 10.9. The smallest absolute Gasteiger partial charge is 0.388 e. The number of ketones is 2. The van der Waals surface area contributed by atoms with E-state index < -0.39 is 41.7 Å². The Labute approximate surface area is 203 Å². The first kappa shape index (κ1) is 24.9. The van der Waals surface area contributed by atoms with Crippen molar-refractivity contribution in [2.45, 2.75) is 39.1 Å². The molecule has 9 nitrogen and oxygen atoms in total. The van der Waals surface area contributed by atoms with Crippen molar-refractivity contribution >= 4 is 23.4 Å². The van der Waals surface area contributed by atoms with E-state index in [1.54, 1.807) is 31.2 Å². The average molecular weight is 499 g/mol. The van der Waals surface area contributed by atoms with Gasteiger partial charge in [-0.15, -0.1) is 18.3 Å². The lowest BCUT2D eigenvalue weighted by molar-refractivity contribution is -0.276. The molecule has 0 aliphatic carbocycles. The Morgan fingerprint density at radius 2 is 1.69 bits per heavy atom. The lowest BCUT2D eigenvalue weighted by Gasteiger charge is -2.25. The van der Waals surface area contributed by atoms with E-state index in [0.717, 1.165) is 22.7 Å². The minimum Gasteiger partial charge on any atom is -0.388 e. The number of carbonyl (C=O) groups is 3. The lowest BCUT2D eigenvalue weighted by atomic mass is 9.86. The number of hydrogen-bond donors (Lipinski definition) is 0. The zero-order chi connectivity index (χ0) is 26.2. The van der Waals surface area contributed by atoms with E-state index in [1.165, 1.54) is 12.3 Å². The van der Waals surface area contributed by atoms with E-state index in [0.29, 0.717) is 5.69 Å². The molecule has 2 atom stereocenters. The van der Waals surface area contributed by atoms with Crippen LogP contribution in [-0.2, 0) is 9.59 Å². The zero-order valence-electron chi connectivity index (χ0n) is 19.4. The van der Waals surface area contributed by atoms with Crippen LogP contribution in [0.2, 0.25) is 0 Å². The summed E-state index contributed by atoms with van der Waals surface area (Å²) in [5, 5.41) is 7.73. The number of nitrogens with zero attached hydrogens (tertiary/aromatic N) is 5. The third kappa shape index (κ3) is 4.92. The number of anilines is 1. The van der Waals surface area contributed by atoms with E-state index in [-0.39, 0.29) is 23.0 Å². The average Bonchev–Trinajstić information content (AvgIpc) is 3.09. The Morgan fingerprint density at radius 3 is 2.22 bits per heavy atom. The molecule has 0 N–H and O–H groups in total. The number of amides is 1. The highest BCUT2D eigenvalue weighted by Gasteiger charge is 2.53. The first-order chi connectivity index (χ1) is 17.0. The van der Waals surface area contributed by atoms with Crippen LogP contribution in [0.3, 0.4) is 0 Å². The minimum absolute atomic E-state index is 0.116. The summed E-state index contributed by atoms with van der Waals surface area (Å²) in [5.41, 5.74) is 1.74. The highest BCUT2D eigenvalue weighted by molar-refractivity contribution is 6.48. The molecule has 3 aromatic rings. The van der Waals surface area contributed by atoms with E-state index in [1.807, 2.05) is 13.8 Å². The highest BCUT2D eigenvalue weighted by Crippen LogP contribution is 2.40. The summed E-state index contributed by atoms with van der Waals surface area (Å²) < 4.78 is 41.5. The van der Waals surface area contributed by atoms with Gasteiger partial charge in [0.05, 0.1) is 17.9 Å². The molecule has 0 radical (unpaired) electrons. The summed E-state index contributed by atoms with van der Waals surface area (Å²) in [5.74, 6) is -4.95. The van der Waals surface area contributed by atoms with Crippen molar-refractivity contribution in [3.8, 4) is 5.88 Å². The molecular formula is C24H20F3N5O4. The summed E-state index contributed by atoms with van der Waals surface area (Å²) in [4.78, 5) is 48.3. The Balaban J connectivity index is 1.78. The monoisotopic (exact) mass is 499 g/mol.